The quantitative estimate of drug-likeness (QED) is 0.726. The number of ether oxygens (including phenoxy) is 1. The molecule has 0 aliphatic heterocycles. The van der Waals surface area contributed by atoms with Crippen LogP contribution in [-0.4, -0.2) is 30.0 Å². The molecular weight excluding hydrogens is 182 g/mol. The molecule has 0 saturated heterocycles. The van der Waals surface area contributed by atoms with E-state index in [4.69, 9.17) is 9.84 Å². The summed E-state index contributed by atoms with van der Waals surface area (Å²) in [7, 11) is 0. The number of alkyl carbamates (subject to hydrolysis) is 1. The van der Waals surface area contributed by atoms with E-state index < -0.39 is 6.09 Å². The Hall–Kier alpha value is -0.770. The highest BCUT2D eigenvalue weighted by Crippen LogP contribution is 2.30. The van der Waals surface area contributed by atoms with Crippen molar-refractivity contribution in [2.45, 2.75) is 44.6 Å². The summed E-state index contributed by atoms with van der Waals surface area (Å²) in [6, 6.07) is 0. The lowest BCUT2D eigenvalue weighted by Crippen LogP contribution is -2.39. The molecule has 0 atom stereocenters. The van der Waals surface area contributed by atoms with E-state index in [1.807, 2.05) is 6.92 Å². The lowest BCUT2D eigenvalue weighted by molar-refractivity contribution is -0.00245. The van der Waals surface area contributed by atoms with Crippen LogP contribution in [0.15, 0.2) is 0 Å². The molecule has 1 rings (SSSR count). The zero-order valence-corrected chi connectivity index (χ0v) is 8.71. The summed E-state index contributed by atoms with van der Waals surface area (Å²) in [4.78, 5) is 11.2. The second-order valence-corrected chi connectivity index (χ2v) is 4.05. The maximum Gasteiger partial charge on any atom is 0.407 e. The predicted molar refractivity (Wildman–Crippen MR) is 53.1 cm³/mol. The number of carbonyl (C=O) groups is 1. The molecule has 2 N–H and O–H groups in total. The lowest BCUT2D eigenvalue weighted by Gasteiger charge is -2.32. The number of hydrogen-bond acceptors (Lipinski definition) is 3. The van der Waals surface area contributed by atoms with Crippen LogP contribution < -0.4 is 5.32 Å². The summed E-state index contributed by atoms with van der Waals surface area (Å²) in [6.45, 7) is 2.19. The Morgan fingerprint density at radius 1 is 1.43 bits per heavy atom. The van der Waals surface area contributed by atoms with Crippen molar-refractivity contribution in [1.29, 1.82) is 0 Å². The van der Waals surface area contributed by atoms with Gasteiger partial charge in [0, 0.05) is 6.54 Å². The number of aliphatic hydroxyl groups is 1. The number of rotatable bonds is 3. The molecule has 0 spiro atoms. The molecule has 0 heterocycles. The van der Waals surface area contributed by atoms with Crippen LogP contribution >= 0.6 is 0 Å². The minimum absolute atomic E-state index is 0.0498. The van der Waals surface area contributed by atoms with E-state index in [1.165, 1.54) is 6.42 Å². The first-order chi connectivity index (χ1) is 6.66. The first-order valence-electron chi connectivity index (χ1n) is 5.24. The largest absolute Gasteiger partial charge is 0.443 e. The predicted octanol–water partition coefficient (Wildman–Crippen LogP) is 1.43. The Morgan fingerprint density at radius 3 is 2.64 bits per heavy atom. The fraction of sp³-hybridized carbons (Fsp3) is 0.900. The molecule has 1 aliphatic carbocycles. The zero-order valence-electron chi connectivity index (χ0n) is 8.71. The highest BCUT2D eigenvalue weighted by Gasteiger charge is 2.30. The van der Waals surface area contributed by atoms with Crippen molar-refractivity contribution in [3.63, 3.8) is 0 Å². The van der Waals surface area contributed by atoms with Crippen molar-refractivity contribution in [3.8, 4) is 0 Å². The topological polar surface area (TPSA) is 58.6 Å². The van der Waals surface area contributed by atoms with Crippen LogP contribution in [0, 0.1) is 0 Å². The van der Waals surface area contributed by atoms with Gasteiger partial charge in [0.05, 0.1) is 6.61 Å². The Bertz CT molecular complexity index is 188. The van der Waals surface area contributed by atoms with Crippen LogP contribution in [0.25, 0.3) is 0 Å². The van der Waals surface area contributed by atoms with Gasteiger partial charge in [-0.15, -0.1) is 0 Å². The van der Waals surface area contributed by atoms with Crippen molar-refractivity contribution in [2.24, 2.45) is 0 Å². The fourth-order valence-electron chi connectivity index (χ4n) is 1.82. The monoisotopic (exact) mass is 201 g/mol. The Balaban J connectivity index is 2.29. The second-order valence-electron chi connectivity index (χ2n) is 4.05. The molecule has 4 heteroatoms. The molecule has 0 aromatic heterocycles. The van der Waals surface area contributed by atoms with Gasteiger partial charge >= 0.3 is 6.09 Å². The van der Waals surface area contributed by atoms with Gasteiger partial charge in [-0.2, -0.15) is 0 Å². The van der Waals surface area contributed by atoms with Crippen LogP contribution in [0.5, 0.6) is 0 Å². The van der Waals surface area contributed by atoms with Gasteiger partial charge in [-0.05, 0) is 32.6 Å². The molecule has 4 nitrogen and oxygen atoms in total. The molecule has 1 amide bonds. The minimum Gasteiger partial charge on any atom is -0.443 e. The summed E-state index contributed by atoms with van der Waals surface area (Å²) in [6.07, 6.45) is 4.97. The van der Waals surface area contributed by atoms with Gasteiger partial charge in [0.25, 0.3) is 0 Å². The van der Waals surface area contributed by atoms with Gasteiger partial charge < -0.3 is 15.2 Å². The first kappa shape index (κ1) is 11.3. The van der Waals surface area contributed by atoms with Gasteiger partial charge in [-0.25, -0.2) is 4.79 Å². The van der Waals surface area contributed by atoms with Crippen molar-refractivity contribution < 1.29 is 14.6 Å². The van der Waals surface area contributed by atoms with E-state index in [2.05, 4.69) is 5.32 Å². The average molecular weight is 201 g/mol. The van der Waals surface area contributed by atoms with Crippen LogP contribution in [0.3, 0.4) is 0 Å². The molecule has 0 unspecified atom stereocenters. The highest BCUT2D eigenvalue weighted by atomic mass is 16.6. The highest BCUT2D eigenvalue weighted by molar-refractivity contribution is 5.67. The zero-order chi connectivity index (χ0) is 10.4. The average Bonchev–Trinajstić information content (AvgIpc) is 2.15. The smallest absolute Gasteiger partial charge is 0.407 e. The van der Waals surface area contributed by atoms with Crippen LogP contribution in [0.1, 0.15) is 39.0 Å². The normalized spacial score (nSPS) is 20.1. The van der Waals surface area contributed by atoms with Crippen LogP contribution in [0.2, 0.25) is 0 Å². The van der Waals surface area contributed by atoms with Gasteiger partial charge in [0.1, 0.15) is 5.60 Å². The van der Waals surface area contributed by atoms with Crippen molar-refractivity contribution in [1.82, 2.24) is 5.32 Å². The maximum absolute atomic E-state index is 11.2. The molecular formula is C10H19NO3. The molecule has 1 aliphatic rings. The number of carbonyl (C=O) groups excluding carboxylic acids is 1. The molecule has 14 heavy (non-hydrogen) atoms. The standard InChI is InChI=1S/C10H19NO3/c1-10(5-3-2-4-6-10)14-9(13)11-7-8-12/h12H,2-8H2,1H3,(H,11,13). The molecule has 0 radical (unpaired) electrons. The number of amides is 1. The molecule has 0 aromatic rings. The summed E-state index contributed by atoms with van der Waals surface area (Å²) in [5, 5.41) is 11.0. The summed E-state index contributed by atoms with van der Waals surface area (Å²) in [5.74, 6) is 0. The Morgan fingerprint density at radius 2 is 2.07 bits per heavy atom. The third-order valence-electron chi connectivity index (χ3n) is 2.63. The van der Waals surface area contributed by atoms with Crippen molar-refractivity contribution >= 4 is 6.09 Å². The molecule has 82 valence electrons. The molecule has 0 bridgehead atoms. The molecule has 1 saturated carbocycles. The van der Waals surface area contributed by atoms with Gasteiger partial charge in [0.15, 0.2) is 0 Å². The van der Waals surface area contributed by atoms with E-state index in [0.29, 0.717) is 0 Å². The number of nitrogens with one attached hydrogen (secondary N) is 1. The van der Waals surface area contributed by atoms with Crippen LogP contribution in [0.4, 0.5) is 4.79 Å². The summed E-state index contributed by atoms with van der Waals surface area (Å²) in [5.41, 5.74) is -0.294. The van der Waals surface area contributed by atoms with E-state index in [-0.39, 0.29) is 18.8 Å². The van der Waals surface area contributed by atoms with Crippen molar-refractivity contribution in [2.75, 3.05) is 13.2 Å². The Labute approximate surface area is 84.6 Å². The molecule has 0 aromatic carbocycles. The van der Waals surface area contributed by atoms with Gasteiger partial charge in [-0.3, -0.25) is 0 Å². The van der Waals surface area contributed by atoms with E-state index in [0.717, 1.165) is 25.7 Å². The summed E-state index contributed by atoms with van der Waals surface area (Å²) < 4.78 is 5.32. The van der Waals surface area contributed by atoms with E-state index in [9.17, 15) is 4.79 Å². The second kappa shape index (κ2) is 5.20. The van der Waals surface area contributed by atoms with Gasteiger partial charge in [-0.1, -0.05) is 6.42 Å². The van der Waals surface area contributed by atoms with E-state index >= 15 is 0 Å². The lowest BCUT2D eigenvalue weighted by atomic mass is 9.86. The Kier molecular flexibility index (Phi) is 4.20. The number of aliphatic hydroxyl groups excluding tert-OH is 1. The van der Waals surface area contributed by atoms with Crippen molar-refractivity contribution in [3.05, 3.63) is 0 Å². The SMILES string of the molecule is CC1(OC(=O)NCCO)CCCCC1. The maximum atomic E-state index is 11.2. The van der Waals surface area contributed by atoms with E-state index in [1.54, 1.807) is 0 Å². The third kappa shape index (κ3) is 3.54. The number of hydrogen-bond donors (Lipinski definition) is 2. The molecule has 1 fully saturated rings. The summed E-state index contributed by atoms with van der Waals surface area (Å²) >= 11 is 0. The third-order valence-corrected chi connectivity index (χ3v) is 2.63. The van der Waals surface area contributed by atoms with Gasteiger partial charge in [0.2, 0.25) is 0 Å². The first-order valence-corrected chi connectivity index (χ1v) is 5.24. The van der Waals surface area contributed by atoms with Crippen LogP contribution in [-0.2, 0) is 4.74 Å². The minimum atomic E-state index is -0.413. The fourth-order valence-corrected chi connectivity index (χ4v) is 1.82.